The van der Waals surface area contributed by atoms with Crippen LogP contribution in [0.4, 0.5) is 0 Å². The predicted octanol–water partition coefficient (Wildman–Crippen LogP) is 1.14. The molecule has 0 aromatic heterocycles. The van der Waals surface area contributed by atoms with Gasteiger partial charge in [0.05, 0.1) is 10.5 Å². The number of piperidine rings is 1. The molecule has 1 unspecified atom stereocenters. The second kappa shape index (κ2) is 13.5. The van der Waals surface area contributed by atoms with E-state index in [1.54, 1.807) is 23.1 Å². The Morgan fingerprint density at radius 1 is 1.07 bits per heavy atom. The minimum Gasteiger partial charge on any atom is -0.507 e. The van der Waals surface area contributed by atoms with Crippen molar-refractivity contribution in [2.45, 2.75) is 23.8 Å². The zero-order chi connectivity index (χ0) is 31.1. The number of carbonyl (C=O) groups excluding carboxylic acids is 2. The Labute approximate surface area is 248 Å². The fourth-order valence-corrected chi connectivity index (χ4v) is 6.16. The molecule has 3 aromatic rings. The first-order valence-corrected chi connectivity index (χ1v) is 15.1. The van der Waals surface area contributed by atoms with Crippen LogP contribution in [0.15, 0.2) is 71.6 Å². The largest absolute Gasteiger partial charge is 0.507 e. The van der Waals surface area contributed by atoms with Crippen molar-refractivity contribution in [2.24, 2.45) is 11.7 Å². The Kier molecular flexibility index (Phi) is 9.83. The van der Waals surface area contributed by atoms with Gasteiger partial charge in [0.2, 0.25) is 15.9 Å². The van der Waals surface area contributed by atoms with Gasteiger partial charge in [0.15, 0.2) is 5.96 Å². The van der Waals surface area contributed by atoms with Crippen molar-refractivity contribution in [1.29, 1.82) is 5.41 Å². The van der Waals surface area contributed by atoms with E-state index in [0.29, 0.717) is 31.3 Å². The number of aliphatic carboxylic acids is 1. The number of amides is 2. The fourth-order valence-electron chi connectivity index (χ4n) is 5.07. The molecule has 4 rings (SSSR count). The lowest BCUT2D eigenvalue weighted by Gasteiger charge is -2.36. The molecule has 228 valence electrons. The summed E-state index contributed by atoms with van der Waals surface area (Å²) in [6, 6.07) is 15.9. The number of carboxylic acid groups (broad SMARTS) is 1. The number of nitrogens with zero attached hydrogens (tertiary/aromatic N) is 2. The molecule has 13 nitrogen and oxygen atoms in total. The van der Waals surface area contributed by atoms with E-state index in [-0.39, 0.29) is 34.6 Å². The summed E-state index contributed by atoms with van der Waals surface area (Å²) in [5.41, 5.74) is 5.49. The molecule has 1 saturated heterocycles. The van der Waals surface area contributed by atoms with Crippen LogP contribution >= 0.6 is 0 Å². The number of nitrogens with one attached hydrogen (secondary N) is 3. The van der Waals surface area contributed by atoms with E-state index >= 15 is 0 Å². The van der Waals surface area contributed by atoms with Crippen molar-refractivity contribution in [3.05, 3.63) is 72.3 Å². The van der Waals surface area contributed by atoms with Crippen LogP contribution in [0.2, 0.25) is 0 Å². The molecule has 0 bridgehead atoms. The maximum absolute atomic E-state index is 13.8. The number of nitrogens with two attached hydrogens (primary N) is 1. The predicted molar refractivity (Wildman–Crippen MR) is 159 cm³/mol. The number of aromatic hydroxyl groups is 1. The van der Waals surface area contributed by atoms with Gasteiger partial charge in [-0.25, -0.2) is 13.1 Å². The molecule has 0 aliphatic carbocycles. The molecule has 2 amide bonds. The van der Waals surface area contributed by atoms with Crippen molar-refractivity contribution < 1.29 is 33.0 Å². The van der Waals surface area contributed by atoms with Crippen LogP contribution in [0.5, 0.6) is 5.75 Å². The maximum atomic E-state index is 13.8. The molecule has 1 heterocycles. The average molecular weight is 611 g/mol. The summed E-state index contributed by atoms with van der Waals surface area (Å²) >= 11 is 0. The number of fused-ring (bicyclic) bond motifs is 1. The van der Waals surface area contributed by atoms with Crippen molar-refractivity contribution in [3.63, 3.8) is 0 Å². The van der Waals surface area contributed by atoms with Crippen LogP contribution in [0, 0.1) is 11.3 Å². The molecule has 0 radical (unpaired) electrons. The zero-order valence-corrected chi connectivity index (χ0v) is 24.1. The van der Waals surface area contributed by atoms with Crippen molar-refractivity contribution in [2.75, 3.05) is 32.7 Å². The number of phenols is 1. The molecule has 1 aliphatic rings. The lowest BCUT2D eigenvalue weighted by molar-refractivity contribution is -0.145. The van der Waals surface area contributed by atoms with Crippen molar-refractivity contribution in [1.82, 2.24) is 19.8 Å². The maximum Gasteiger partial charge on any atom is 0.323 e. The summed E-state index contributed by atoms with van der Waals surface area (Å²) in [5.74, 6) is -3.67. The normalized spacial score (nSPS) is 15.9. The highest BCUT2D eigenvalue weighted by atomic mass is 32.2. The van der Waals surface area contributed by atoms with Crippen LogP contribution in [0.3, 0.4) is 0 Å². The summed E-state index contributed by atoms with van der Waals surface area (Å²) in [7, 11) is -4.16. The van der Waals surface area contributed by atoms with Crippen LogP contribution in [0.25, 0.3) is 10.8 Å². The van der Waals surface area contributed by atoms with Crippen molar-refractivity contribution in [3.8, 4) is 5.75 Å². The van der Waals surface area contributed by atoms with Crippen LogP contribution in [0.1, 0.15) is 23.2 Å². The number of phenolic OH excluding ortho intramolecular Hbond substituents is 1. The van der Waals surface area contributed by atoms with E-state index in [2.05, 4.69) is 10.0 Å². The van der Waals surface area contributed by atoms with Gasteiger partial charge in [0, 0.05) is 26.2 Å². The zero-order valence-electron chi connectivity index (χ0n) is 23.3. The summed E-state index contributed by atoms with van der Waals surface area (Å²) < 4.78 is 28.9. The molecule has 1 aliphatic heterocycles. The topological polar surface area (TPSA) is 206 Å². The van der Waals surface area contributed by atoms with Crippen LogP contribution in [-0.4, -0.2) is 90.9 Å². The first kappa shape index (κ1) is 31.3. The number of sulfonamides is 1. The van der Waals surface area contributed by atoms with E-state index in [0.717, 1.165) is 10.3 Å². The molecule has 43 heavy (non-hydrogen) atoms. The fraction of sp³-hybridized carbons (Fsp3) is 0.310. The molecular formula is C29H34N6O7S. The number of likely N-dealkylation sites (tertiary alicyclic amines) is 1. The van der Waals surface area contributed by atoms with Gasteiger partial charge in [0.1, 0.15) is 18.3 Å². The Bertz CT molecular complexity index is 1630. The number of carbonyl (C=O) groups is 3. The van der Waals surface area contributed by atoms with E-state index < -0.39 is 46.9 Å². The smallest absolute Gasteiger partial charge is 0.323 e. The molecule has 0 saturated carbocycles. The summed E-state index contributed by atoms with van der Waals surface area (Å²) in [4.78, 5) is 41.3. The summed E-state index contributed by atoms with van der Waals surface area (Å²) in [6.45, 7) is -0.407. The Morgan fingerprint density at radius 3 is 2.47 bits per heavy atom. The number of benzene rings is 3. The third kappa shape index (κ3) is 7.99. The quantitative estimate of drug-likeness (QED) is 0.136. The van der Waals surface area contributed by atoms with Gasteiger partial charge in [-0.15, -0.1) is 0 Å². The lowest BCUT2D eigenvalue weighted by Crippen LogP contribution is -2.56. The Morgan fingerprint density at radius 2 is 1.77 bits per heavy atom. The Hall–Kier alpha value is -4.69. The highest BCUT2D eigenvalue weighted by molar-refractivity contribution is 7.89. The highest BCUT2D eigenvalue weighted by Crippen LogP contribution is 2.21. The Balaban J connectivity index is 1.59. The van der Waals surface area contributed by atoms with Crippen molar-refractivity contribution >= 4 is 44.5 Å². The number of carboxylic acids is 1. The molecular weight excluding hydrogens is 576 g/mol. The third-order valence-corrected chi connectivity index (χ3v) is 8.66. The van der Waals surface area contributed by atoms with Crippen LogP contribution < -0.4 is 15.8 Å². The van der Waals surface area contributed by atoms with Gasteiger partial charge in [0.25, 0.3) is 5.91 Å². The van der Waals surface area contributed by atoms with Gasteiger partial charge in [-0.2, -0.15) is 0 Å². The SMILES string of the molecule is N=C(N)N1CCCC(CN(CC(=O)O)C(=O)[C@H](CNS(=O)(=O)c2ccc3ccccc3c2)NC(=O)c2ccccc2O)C1. The second-order valence-corrected chi connectivity index (χ2v) is 12.1. The third-order valence-electron chi connectivity index (χ3n) is 7.24. The number of guanidine groups is 1. The van der Waals surface area contributed by atoms with E-state index in [9.17, 15) is 33.0 Å². The molecule has 1 fully saturated rings. The molecule has 0 spiro atoms. The minimum absolute atomic E-state index is 0.0186. The molecule has 7 N–H and O–H groups in total. The van der Waals surface area contributed by atoms with Gasteiger partial charge >= 0.3 is 5.97 Å². The number of para-hydroxylation sites is 1. The second-order valence-electron chi connectivity index (χ2n) is 10.4. The lowest BCUT2D eigenvalue weighted by atomic mass is 9.97. The van der Waals surface area contributed by atoms with E-state index in [1.165, 1.54) is 36.4 Å². The van der Waals surface area contributed by atoms with E-state index in [1.807, 2.05) is 12.1 Å². The molecule has 2 atom stereocenters. The first-order chi connectivity index (χ1) is 20.4. The standard InChI is InChI=1S/C29H34N6O7S/c30-29(31)34-13-5-6-19(16-34)17-35(18-26(37)38)28(40)24(33-27(39)23-9-3-4-10-25(23)36)15-32-43(41,42)22-12-11-20-7-1-2-8-21(20)14-22/h1-4,7-12,14,19,24,32,36H,5-6,13,15-18H2,(H3,30,31)(H,33,39)(H,37,38)/t19?,24-/m0/s1. The average Bonchev–Trinajstić information content (AvgIpc) is 2.98. The molecule has 14 heteroatoms. The molecule has 3 aromatic carbocycles. The summed E-state index contributed by atoms with van der Waals surface area (Å²) in [5, 5.41) is 31.5. The highest BCUT2D eigenvalue weighted by Gasteiger charge is 2.32. The number of rotatable bonds is 11. The summed E-state index contributed by atoms with van der Waals surface area (Å²) in [6.07, 6.45) is 1.33. The first-order valence-electron chi connectivity index (χ1n) is 13.6. The van der Waals surface area contributed by atoms with Gasteiger partial charge in [-0.1, -0.05) is 42.5 Å². The monoisotopic (exact) mass is 610 g/mol. The van der Waals surface area contributed by atoms with Gasteiger partial charge in [-0.3, -0.25) is 19.8 Å². The van der Waals surface area contributed by atoms with E-state index in [4.69, 9.17) is 11.1 Å². The van der Waals surface area contributed by atoms with Crippen LogP contribution in [-0.2, 0) is 19.6 Å². The van der Waals surface area contributed by atoms with Gasteiger partial charge < -0.3 is 31.1 Å². The van der Waals surface area contributed by atoms with Gasteiger partial charge in [-0.05, 0) is 53.8 Å². The number of hydrogen-bond donors (Lipinski definition) is 6. The minimum atomic E-state index is -4.16. The number of hydrogen-bond acceptors (Lipinski definition) is 7.